The predicted octanol–water partition coefficient (Wildman–Crippen LogP) is -3.91. The molecule has 17 amide bonds. The first kappa shape index (κ1) is 123. The number of hydrogen-bond donors (Lipinski definition) is 29. The monoisotopic (exact) mass is 2040 g/mol. The molecule has 0 unspecified atom stereocenters. The zero-order valence-corrected chi connectivity index (χ0v) is 84.6. The molecule has 145 heavy (non-hydrogen) atoms. The fourth-order valence-corrected chi connectivity index (χ4v) is 15.5. The van der Waals surface area contributed by atoms with Crippen molar-refractivity contribution >= 4 is 129 Å². The van der Waals surface area contributed by atoms with E-state index in [1.165, 1.54) is 19.4 Å². The van der Waals surface area contributed by atoms with Crippen LogP contribution in [0.2, 0.25) is 0 Å². The molecule has 2 aromatic carbocycles. The van der Waals surface area contributed by atoms with Gasteiger partial charge in [0.05, 0.1) is 18.9 Å². The summed E-state index contributed by atoms with van der Waals surface area (Å²) in [7, 11) is 0. The van der Waals surface area contributed by atoms with Crippen molar-refractivity contribution in [1.82, 2.24) is 100 Å². The number of nitrogens with two attached hydrogens (primary N) is 7. The van der Waals surface area contributed by atoms with Crippen molar-refractivity contribution < 1.29 is 106 Å². The van der Waals surface area contributed by atoms with Crippen molar-refractivity contribution in [3.63, 3.8) is 0 Å². The van der Waals surface area contributed by atoms with E-state index in [1.807, 2.05) is 0 Å². The summed E-state index contributed by atoms with van der Waals surface area (Å²) in [6.45, 7) is 18.1. The summed E-state index contributed by atoms with van der Waals surface area (Å²) >= 11 is 0. The van der Waals surface area contributed by atoms with Crippen molar-refractivity contribution in [1.29, 1.82) is 5.41 Å². The maximum Gasteiger partial charge on any atom is 0.326 e. The summed E-state index contributed by atoms with van der Waals surface area (Å²) in [6, 6.07) is -9.07. The smallest absolute Gasteiger partial charge is 0.326 e. The number of H-pyrrole nitrogens is 2. The molecule has 4 aromatic rings. The molecule has 2 aromatic heterocycles. The quantitative estimate of drug-likeness (QED) is 0.0114. The molecule has 806 valence electrons. The average Bonchev–Trinajstić information content (AvgIpc) is 1.58. The van der Waals surface area contributed by atoms with Gasteiger partial charge >= 0.3 is 11.9 Å². The Balaban J connectivity index is 1.72. The molecule has 4 rings (SSSR count). The zero-order chi connectivity index (χ0) is 108. The number of aromatic nitrogens is 3. The third-order valence-electron chi connectivity index (χ3n) is 24.5. The number of aliphatic carboxylic acids is 2. The lowest BCUT2D eigenvalue weighted by Crippen LogP contribution is -2.62. The van der Waals surface area contributed by atoms with Gasteiger partial charge in [-0.3, -0.25) is 91.7 Å². The molecular formula is C96H155N27O22. The number of carboxylic acids is 2. The van der Waals surface area contributed by atoms with Crippen LogP contribution in [-0.4, -0.2) is 278 Å². The number of carboxylic acid groups (broad SMARTS) is 2. The molecule has 2 heterocycles. The fourth-order valence-electron chi connectivity index (χ4n) is 15.5. The Kier molecular flexibility index (Phi) is 54.5. The molecule has 49 heteroatoms. The van der Waals surface area contributed by atoms with E-state index in [4.69, 9.17) is 45.5 Å². The Morgan fingerprint density at radius 3 is 1.19 bits per heavy atom. The number of carbonyl (C=O) groups is 19. The van der Waals surface area contributed by atoms with Crippen LogP contribution in [-0.2, 0) is 110 Å². The summed E-state index contributed by atoms with van der Waals surface area (Å²) in [4.78, 5) is 278. The summed E-state index contributed by atoms with van der Waals surface area (Å²) in [6.07, 6.45) is 0.953. The van der Waals surface area contributed by atoms with Crippen LogP contribution in [0.4, 0.5) is 0 Å². The largest absolute Gasteiger partial charge is 0.481 e. The highest BCUT2D eigenvalue weighted by atomic mass is 16.4. The minimum Gasteiger partial charge on any atom is -0.481 e. The molecule has 0 saturated heterocycles. The standard InChI is InChI=1S/C96H155N27O22/c1-12-53(9)78(93(142)113-65(34-36-72(100)125)83(132)110-63(32-21-24-40-99)84(133)120-77(52(7)8)92(141)123-79(54(10)13-2)94(143)119-71(46-74(127)128)87(136)114-66(95(144)145)35-37-73(101)126)122-88(137)69(44-57-47-107-60-29-18-17-28-59(57)60)116-81(130)62(31-20-23-39-98)109-80(129)61(30-19-22-38-97)111-85(134)67(42-50(3)4)115-82(131)64(33-25-41-106-96(103)104)112-86(135)68(43-56-26-15-14-16-27-56)118-91(140)76(51(5)6)121-89(138)70(45-58-48-105-49-108-58)117-90(139)75(102)55(11)124/h14-18,26-29,47-55,61-71,75-79,107,124H,12-13,19-25,30-46,97-99,102H2,1-11H3,(H2,100,125)(H2,101,126)(H,105,108)(H,109,129)(H,110,132)(H,111,134)(H,112,135)(H,113,142)(H,114,136)(H,115,131)(H,116,130)(H,117,139)(H,118,140)(H,119,143)(H,120,133)(H,121,138)(H,122,137)(H,123,141)(H,127,128)(H,144,145)(H4,103,104,106)/t53-,54-,55+,61-,62-,63-,64-,65-,66-,67-,68-,69-,70-,71-,75-,76-,77-,78-,79-/m0/s1. The van der Waals surface area contributed by atoms with Gasteiger partial charge in [0.1, 0.15) is 96.7 Å². The van der Waals surface area contributed by atoms with Gasteiger partial charge in [-0.2, -0.15) is 0 Å². The van der Waals surface area contributed by atoms with Crippen molar-refractivity contribution in [2.45, 2.75) is 320 Å². The average molecular weight is 2040 g/mol. The number of imidazole rings is 1. The SMILES string of the molecule is CC[C@H](C)[C@H](NC(=O)[C@H](Cc1c[nH]c2ccccc12)NC(=O)[C@H](CCCCN)NC(=O)[C@H](CCCCN)NC(=O)[C@H](CC(C)C)NC(=O)[C@H](CCCNC(=N)N)NC(=O)[C@H](Cc1ccccc1)NC(=O)[C@@H](NC(=O)[C@H](Cc1cnc[nH]1)NC(=O)[C@@H](N)[C@@H](C)O)C(C)C)C(=O)N[C@@H](CCC(N)=O)C(=O)N[C@@H](CCCCN)C(=O)N[C@H](C(=O)N[C@H](C(=O)N[C@@H](CC(=O)O)C(=O)N[C@@H](CCC(N)=O)C(=O)O)[C@@H](C)CC)C(C)C. The van der Waals surface area contributed by atoms with Gasteiger partial charge in [0.2, 0.25) is 100 Å². The summed E-state index contributed by atoms with van der Waals surface area (Å²) in [5.41, 5.74) is 42.4. The van der Waals surface area contributed by atoms with E-state index in [0.717, 1.165) is 0 Å². The summed E-state index contributed by atoms with van der Waals surface area (Å²) < 4.78 is 0. The second-order valence-electron chi connectivity index (χ2n) is 37.6. The lowest BCUT2D eigenvalue weighted by Gasteiger charge is -2.31. The number of nitrogens with one attached hydrogen (secondary N) is 19. The maximum absolute atomic E-state index is 15.5. The van der Waals surface area contributed by atoms with Crippen molar-refractivity contribution in [3.05, 3.63) is 90.1 Å². The first-order valence-electron chi connectivity index (χ1n) is 49.3. The third-order valence-corrected chi connectivity index (χ3v) is 24.5. The molecule has 0 fully saturated rings. The number of hydrogen-bond acceptors (Lipinski definition) is 26. The van der Waals surface area contributed by atoms with Gasteiger partial charge in [0, 0.05) is 67.6 Å². The second-order valence-corrected chi connectivity index (χ2v) is 37.6. The zero-order valence-electron chi connectivity index (χ0n) is 84.6. The summed E-state index contributed by atoms with van der Waals surface area (Å²) in [5, 5.41) is 80.3. The molecule has 49 nitrogen and oxygen atoms in total. The highest BCUT2D eigenvalue weighted by Gasteiger charge is 2.42. The number of nitrogens with zero attached hydrogens (tertiary/aromatic N) is 1. The van der Waals surface area contributed by atoms with Crippen LogP contribution >= 0.6 is 0 Å². The van der Waals surface area contributed by atoms with E-state index in [2.05, 4.69) is 100 Å². The Hall–Kier alpha value is -13.8. The van der Waals surface area contributed by atoms with E-state index in [9.17, 15) is 72.9 Å². The number of benzene rings is 2. The highest BCUT2D eigenvalue weighted by Crippen LogP contribution is 2.23. The number of rotatable bonds is 70. The van der Waals surface area contributed by atoms with Crippen LogP contribution < -0.4 is 125 Å². The normalized spacial score (nSPS) is 15.3. The Morgan fingerprint density at radius 2 is 0.752 bits per heavy atom. The number of aromatic amines is 2. The number of fused-ring (bicyclic) bond motifs is 1. The molecule has 19 atom stereocenters. The van der Waals surface area contributed by atoms with Gasteiger partial charge < -0.3 is 150 Å². The molecular weight excluding hydrogens is 1880 g/mol. The molecule has 0 spiro atoms. The van der Waals surface area contributed by atoms with Gasteiger partial charge in [0.25, 0.3) is 0 Å². The molecule has 0 aliphatic carbocycles. The number of aliphatic hydroxyl groups is 1. The molecule has 0 radical (unpaired) electrons. The molecule has 0 saturated carbocycles. The fraction of sp³-hybridized carbons (Fsp3) is 0.615. The first-order chi connectivity index (χ1) is 68.6. The minimum absolute atomic E-state index is 0.0214. The highest BCUT2D eigenvalue weighted by molar-refractivity contribution is 6.02. The van der Waals surface area contributed by atoms with Gasteiger partial charge in [-0.25, -0.2) is 9.78 Å². The van der Waals surface area contributed by atoms with Crippen molar-refractivity contribution in [2.24, 2.45) is 69.7 Å². The first-order valence-corrected chi connectivity index (χ1v) is 49.3. The minimum atomic E-state index is -1.92. The van der Waals surface area contributed by atoms with Crippen LogP contribution in [0.5, 0.6) is 0 Å². The van der Waals surface area contributed by atoms with E-state index in [1.54, 1.807) is 130 Å². The second kappa shape index (κ2) is 64.0. The summed E-state index contributed by atoms with van der Waals surface area (Å²) in [5.74, 6) is -23.0. The number of guanidine groups is 1. The van der Waals surface area contributed by atoms with Crippen LogP contribution in [0, 0.1) is 35.0 Å². The van der Waals surface area contributed by atoms with E-state index < -0.39 is 277 Å². The third kappa shape index (κ3) is 43.7. The van der Waals surface area contributed by atoms with Crippen LogP contribution in [0.25, 0.3) is 10.9 Å². The molecule has 0 aliphatic heterocycles. The topological polar surface area (TPSA) is 828 Å². The lowest BCUT2D eigenvalue weighted by molar-refractivity contribution is -0.144. The lowest BCUT2D eigenvalue weighted by atomic mass is 9.95. The van der Waals surface area contributed by atoms with E-state index in [-0.39, 0.29) is 122 Å². The van der Waals surface area contributed by atoms with Gasteiger partial charge in [-0.05, 0) is 163 Å². The van der Waals surface area contributed by atoms with Crippen LogP contribution in [0.1, 0.15) is 215 Å². The van der Waals surface area contributed by atoms with Crippen LogP contribution in [0.3, 0.4) is 0 Å². The molecule has 0 bridgehead atoms. The van der Waals surface area contributed by atoms with E-state index >= 15 is 33.6 Å². The number of unbranched alkanes of at least 4 members (excludes halogenated alkanes) is 3. The Labute approximate surface area is 843 Å². The number of para-hydroxylation sites is 1. The number of primary amides is 2. The van der Waals surface area contributed by atoms with E-state index in [0.29, 0.717) is 47.0 Å². The molecule has 36 N–H and O–H groups in total. The van der Waals surface area contributed by atoms with Crippen molar-refractivity contribution in [3.8, 4) is 0 Å². The van der Waals surface area contributed by atoms with Crippen molar-refractivity contribution in [2.75, 3.05) is 26.2 Å². The maximum atomic E-state index is 15.5. The molecule has 0 aliphatic rings. The number of carbonyl (C=O) groups excluding carboxylic acids is 17. The van der Waals surface area contributed by atoms with Gasteiger partial charge in [-0.15, -0.1) is 0 Å². The Morgan fingerprint density at radius 1 is 0.393 bits per heavy atom. The number of aliphatic hydroxyl groups excluding tert-OH is 1. The van der Waals surface area contributed by atoms with Gasteiger partial charge in [-0.1, -0.05) is 131 Å². The number of amides is 17. The van der Waals surface area contributed by atoms with Crippen LogP contribution in [0.15, 0.2) is 73.3 Å². The Bertz CT molecular complexity index is 4920. The van der Waals surface area contributed by atoms with Gasteiger partial charge in [0.15, 0.2) is 5.96 Å². The predicted molar refractivity (Wildman–Crippen MR) is 536 cm³/mol.